The standard InChI is InChI=1S/C18H29NO/c1-6-11-20-18-16(7-2)12-15(13-17(18)8-3)14-19(9-4)10-5/h6,12-13H,1,7-11,14H2,2-5H3. The Labute approximate surface area is 124 Å². The van der Waals surface area contributed by atoms with E-state index in [-0.39, 0.29) is 0 Å². The predicted octanol–water partition coefficient (Wildman–Crippen LogP) is 4.22. The Kier molecular flexibility index (Phi) is 7.38. The molecule has 0 aromatic heterocycles. The Morgan fingerprint density at radius 3 is 2.00 bits per heavy atom. The van der Waals surface area contributed by atoms with Crippen molar-refractivity contribution >= 4 is 0 Å². The Morgan fingerprint density at radius 2 is 1.60 bits per heavy atom. The molecular formula is C18H29NO. The molecule has 0 saturated heterocycles. The van der Waals surface area contributed by atoms with Crippen LogP contribution < -0.4 is 4.74 Å². The smallest absolute Gasteiger partial charge is 0.126 e. The van der Waals surface area contributed by atoms with Crippen LogP contribution in [0.15, 0.2) is 24.8 Å². The summed E-state index contributed by atoms with van der Waals surface area (Å²) in [6, 6.07) is 4.60. The van der Waals surface area contributed by atoms with Gasteiger partial charge < -0.3 is 4.74 Å². The van der Waals surface area contributed by atoms with E-state index >= 15 is 0 Å². The largest absolute Gasteiger partial charge is 0.489 e. The molecule has 0 fully saturated rings. The van der Waals surface area contributed by atoms with Gasteiger partial charge in [-0.25, -0.2) is 0 Å². The van der Waals surface area contributed by atoms with Crippen LogP contribution in [-0.2, 0) is 19.4 Å². The topological polar surface area (TPSA) is 12.5 Å². The molecule has 2 heteroatoms. The molecule has 1 aromatic carbocycles. The lowest BCUT2D eigenvalue weighted by atomic mass is 10.00. The summed E-state index contributed by atoms with van der Waals surface area (Å²) in [5, 5.41) is 0. The van der Waals surface area contributed by atoms with Crippen LogP contribution in [0.3, 0.4) is 0 Å². The highest BCUT2D eigenvalue weighted by molar-refractivity contribution is 5.45. The summed E-state index contributed by atoms with van der Waals surface area (Å²) in [6.07, 6.45) is 3.82. The first kappa shape index (κ1) is 16.8. The molecule has 0 aliphatic carbocycles. The zero-order valence-corrected chi connectivity index (χ0v) is 13.5. The summed E-state index contributed by atoms with van der Waals surface area (Å²) >= 11 is 0. The van der Waals surface area contributed by atoms with Gasteiger partial charge in [-0.3, -0.25) is 4.90 Å². The van der Waals surface area contributed by atoms with Gasteiger partial charge in [0.15, 0.2) is 0 Å². The highest BCUT2D eigenvalue weighted by Crippen LogP contribution is 2.28. The fourth-order valence-electron chi connectivity index (χ4n) is 2.48. The molecule has 0 spiro atoms. The minimum absolute atomic E-state index is 0.579. The third kappa shape index (κ3) is 4.38. The van der Waals surface area contributed by atoms with Gasteiger partial charge in [-0.2, -0.15) is 0 Å². The quantitative estimate of drug-likeness (QED) is 0.626. The van der Waals surface area contributed by atoms with E-state index in [1.165, 1.54) is 16.7 Å². The number of ether oxygens (including phenoxy) is 1. The van der Waals surface area contributed by atoms with Gasteiger partial charge in [-0.05, 0) is 42.6 Å². The number of hydrogen-bond donors (Lipinski definition) is 0. The van der Waals surface area contributed by atoms with Crippen molar-refractivity contribution in [1.29, 1.82) is 0 Å². The minimum atomic E-state index is 0.579. The second-order valence-electron chi connectivity index (χ2n) is 5.01. The number of benzene rings is 1. The summed E-state index contributed by atoms with van der Waals surface area (Å²) in [7, 11) is 0. The minimum Gasteiger partial charge on any atom is -0.489 e. The predicted molar refractivity (Wildman–Crippen MR) is 87.5 cm³/mol. The van der Waals surface area contributed by atoms with Crippen LogP contribution in [0.4, 0.5) is 0 Å². The molecular weight excluding hydrogens is 246 g/mol. The third-order valence-corrected chi connectivity index (χ3v) is 3.71. The van der Waals surface area contributed by atoms with E-state index in [9.17, 15) is 0 Å². The van der Waals surface area contributed by atoms with Crippen molar-refractivity contribution in [2.24, 2.45) is 0 Å². The molecule has 2 nitrogen and oxygen atoms in total. The molecule has 112 valence electrons. The van der Waals surface area contributed by atoms with Crippen molar-refractivity contribution in [2.75, 3.05) is 19.7 Å². The Morgan fingerprint density at radius 1 is 1.05 bits per heavy atom. The molecule has 0 aliphatic rings. The lowest BCUT2D eigenvalue weighted by molar-refractivity contribution is 0.295. The molecule has 0 heterocycles. The van der Waals surface area contributed by atoms with Gasteiger partial charge in [0.1, 0.15) is 12.4 Å². The second-order valence-corrected chi connectivity index (χ2v) is 5.01. The highest BCUT2D eigenvalue weighted by Gasteiger charge is 2.11. The van der Waals surface area contributed by atoms with E-state index in [0.29, 0.717) is 6.61 Å². The van der Waals surface area contributed by atoms with E-state index < -0.39 is 0 Å². The van der Waals surface area contributed by atoms with Crippen molar-refractivity contribution in [1.82, 2.24) is 4.90 Å². The van der Waals surface area contributed by atoms with E-state index in [2.05, 4.69) is 51.3 Å². The molecule has 0 amide bonds. The third-order valence-electron chi connectivity index (χ3n) is 3.71. The summed E-state index contributed by atoms with van der Waals surface area (Å²) in [4.78, 5) is 2.44. The van der Waals surface area contributed by atoms with Gasteiger partial charge in [0.25, 0.3) is 0 Å². The second kappa shape index (κ2) is 8.80. The van der Waals surface area contributed by atoms with E-state index in [1.54, 1.807) is 0 Å². The van der Waals surface area contributed by atoms with Crippen LogP contribution in [0.2, 0.25) is 0 Å². The molecule has 0 atom stereocenters. The van der Waals surface area contributed by atoms with Gasteiger partial charge in [0.2, 0.25) is 0 Å². The van der Waals surface area contributed by atoms with Crippen molar-refractivity contribution < 1.29 is 4.74 Å². The molecule has 0 bridgehead atoms. The first-order chi connectivity index (χ1) is 9.69. The van der Waals surface area contributed by atoms with Crippen LogP contribution in [-0.4, -0.2) is 24.6 Å². The maximum absolute atomic E-state index is 5.88. The summed E-state index contributed by atoms with van der Waals surface area (Å²) in [6.45, 7) is 16.3. The molecule has 0 aliphatic heterocycles. The maximum Gasteiger partial charge on any atom is 0.126 e. The average molecular weight is 275 g/mol. The molecule has 20 heavy (non-hydrogen) atoms. The maximum atomic E-state index is 5.88. The average Bonchev–Trinajstić information content (AvgIpc) is 2.50. The summed E-state index contributed by atoms with van der Waals surface area (Å²) in [5.74, 6) is 1.07. The van der Waals surface area contributed by atoms with Crippen LogP contribution >= 0.6 is 0 Å². The normalized spacial score (nSPS) is 10.8. The van der Waals surface area contributed by atoms with Crippen molar-refractivity contribution in [3.8, 4) is 5.75 Å². The van der Waals surface area contributed by atoms with Gasteiger partial charge in [0, 0.05) is 6.54 Å². The van der Waals surface area contributed by atoms with Crippen LogP contribution in [0.25, 0.3) is 0 Å². The van der Waals surface area contributed by atoms with Gasteiger partial charge in [-0.15, -0.1) is 0 Å². The molecule has 0 N–H and O–H groups in total. The molecule has 0 saturated carbocycles. The molecule has 0 radical (unpaired) electrons. The number of nitrogens with zero attached hydrogens (tertiary/aromatic N) is 1. The van der Waals surface area contributed by atoms with Crippen molar-refractivity contribution in [2.45, 2.75) is 47.1 Å². The zero-order valence-electron chi connectivity index (χ0n) is 13.5. The van der Waals surface area contributed by atoms with Crippen LogP contribution in [0.5, 0.6) is 5.75 Å². The van der Waals surface area contributed by atoms with Gasteiger partial charge >= 0.3 is 0 Å². The lowest BCUT2D eigenvalue weighted by Crippen LogP contribution is -2.22. The summed E-state index contributed by atoms with van der Waals surface area (Å²) < 4.78 is 5.88. The molecule has 1 aromatic rings. The molecule has 1 rings (SSSR count). The fraction of sp³-hybridized carbons (Fsp3) is 0.556. The van der Waals surface area contributed by atoms with E-state index in [4.69, 9.17) is 4.74 Å². The number of aryl methyl sites for hydroxylation is 2. The Bertz CT molecular complexity index is 396. The first-order valence-electron chi connectivity index (χ1n) is 7.80. The van der Waals surface area contributed by atoms with Crippen LogP contribution in [0, 0.1) is 0 Å². The van der Waals surface area contributed by atoms with Gasteiger partial charge in [-0.1, -0.05) is 52.5 Å². The SMILES string of the molecule is C=CCOc1c(CC)cc(CN(CC)CC)cc1CC. The number of hydrogen-bond acceptors (Lipinski definition) is 2. The first-order valence-corrected chi connectivity index (χ1v) is 7.80. The zero-order chi connectivity index (χ0) is 15.0. The lowest BCUT2D eigenvalue weighted by Gasteiger charge is -2.21. The van der Waals surface area contributed by atoms with Crippen molar-refractivity contribution in [3.05, 3.63) is 41.5 Å². The Balaban J connectivity index is 3.07. The van der Waals surface area contributed by atoms with Gasteiger partial charge in [0.05, 0.1) is 0 Å². The van der Waals surface area contributed by atoms with Crippen LogP contribution in [0.1, 0.15) is 44.4 Å². The Hall–Kier alpha value is -1.28. The van der Waals surface area contributed by atoms with E-state index in [0.717, 1.165) is 38.2 Å². The monoisotopic (exact) mass is 275 g/mol. The molecule has 0 unspecified atom stereocenters. The summed E-state index contributed by atoms with van der Waals surface area (Å²) in [5.41, 5.74) is 4.02. The van der Waals surface area contributed by atoms with Crippen molar-refractivity contribution in [3.63, 3.8) is 0 Å². The fourth-order valence-corrected chi connectivity index (χ4v) is 2.48. The van der Waals surface area contributed by atoms with E-state index in [1.807, 2.05) is 6.08 Å². The number of rotatable bonds is 9. The highest BCUT2D eigenvalue weighted by atomic mass is 16.5.